The van der Waals surface area contributed by atoms with Crippen molar-refractivity contribution in [2.45, 2.75) is 53.1 Å². The molecule has 7 heteroatoms. The molecule has 1 aliphatic heterocycles. The predicted molar refractivity (Wildman–Crippen MR) is 87.3 cm³/mol. The third kappa shape index (κ3) is 6.37. The molecule has 0 atom stereocenters. The summed E-state index contributed by atoms with van der Waals surface area (Å²) in [5.41, 5.74) is -0.513. The molecule has 0 aliphatic carbocycles. The van der Waals surface area contributed by atoms with E-state index in [1.807, 2.05) is 20.8 Å². The van der Waals surface area contributed by atoms with E-state index < -0.39 is 23.5 Å². The molecule has 0 N–H and O–H groups in total. The molecule has 1 amide bonds. The van der Waals surface area contributed by atoms with E-state index in [-0.39, 0.29) is 25.2 Å². The third-order valence-corrected chi connectivity index (χ3v) is 3.61. The summed E-state index contributed by atoms with van der Waals surface area (Å²) >= 11 is 0. The molecule has 24 heavy (non-hydrogen) atoms. The standard InChI is InChI=1S/C17H29NO6/c1-6-22-14(19)13(15(20)23-7-2)9-8-12-10-18(11-12)16(21)24-17(3,4)5/h12-13H,6-11H2,1-5H3. The number of hydrogen-bond donors (Lipinski definition) is 0. The SMILES string of the molecule is CCOC(=O)C(CCC1CN(C(=O)OC(C)(C)C)C1)C(=O)OCC. The molecule has 7 nitrogen and oxygen atoms in total. The minimum Gasteiger partial charge on any atom is -0.465 e. The van der Waals surface area contributed by atoms with Gasteiger partial charge in [0.2, 0.25) is 0 Å². The summed E-state index contributed by atoms with van der Waals surface area (Å²) in [6.07, 6.45) is 0.692. The van der Waals surface area contributed by atoms with Crippen LogP contribution in [-0.4, -0.2) is 54.8 Å². The Kier molecular flexibility index (Phi) is 7.51. The number of nitrogens with zero attached hydrogens (tertiary/aromatic N) is 1. The minimum atomic E-state index is -0.888. The monoisotopic (exact) mass is 343 g/mol. The zero-order valence-electron chi connectivity index (χ0n) is 15.3. The average Bonchev–Trinajstić information content (AvgIpc) is 2.39. The molecule has 0 spiro atoms. The Hall–Kier alpha value is -1.79. The zero-order valence-corrected chi connectivity index (χ0v) is 15.3. The summed E-state index contributed by atoms with van der Waals surface area (Å²) in [4.78, 5) is 37.3. The highest BCUT2D eigenvalue weighted by Crippen LogP contribution is 2.25. The first-order chi connectivity index (χ1) is 11.2. The summed E-state index contributed by atoms with van der Waals surface area (Å²) in [5.74, 6) is -1.72. The Balaban J connectivity index is 2.42. The fourth-order valence-corrected chi connectivity index (χ4v) is 2.45. The smallest absolute Gasteiger partial charge is 0.410 e. The average molecular weight is 343 g/mol. The zero-order chi connectivity index (χ0) is 18.3. The molecule has 1 rings (SSSR count). The van der Waals surface area contributed by atoms with E-state index in [9.17, 15) is 14.4 Å². The van der Waals surface area contributed by atoms with E-state index >= 15 is 0 Å². The van der Waals surface area contributed by atoms with Crippen LogP contribution in [0.4, 0.5) is 4.79 Å². The molecule has 0 aromatic carbocycles. The van der Waals surface area contributed by atoms with Gasteiger partial charge in [-0.2, -0.15) is 0 Å². The highest BCUT2D eigenvalue weighted by Gasteiger charge is 2.36. The van der Waals surface area contributed by atoms with Crippen LogP contribution in [0.1, 0.15) is 47.5 Å². The first-order valence-electron chi connectivity index (χ1n) is 8.49. The van der Waals surface area contributed by atoms with Crippen LogP contribution in [0.25, 0.3) is 0 Å². The van der Waals surface area contributed by atoms with Crippen LogP contribution in [0.15, 0.2) is 0 Å². The second-order valence-electron chi connectivity index (χ2n) is 6.89. The Bertz CT molecular complexity index is 432. The van der Waals surface area contributed by atoms with Crippen molar-refractivity contribution in [2.75, 3.05) is 26.3 Å². The van der Waals surface area contributed by atoms with Crippen molar-refractivity contribution in [1.82, 2.24) is 4.90 Å². The maximum Gasteiger partial charge on any atom is 0.410 e. The molecule has 1 saturated heterocycles. The number of likely N-dealkylation sites (tertiary alicyclic amines) is 1. The number of amides is 1. The normalized spacial score (nSPS) is 15.0. The van der Waals surface area contributed by atoms with Gasteiger partial charge in [-0.1, -0.05) is 0 Å². The van der Waals surface area contributed by atoms with Gasteiger partial charge in [0.15, 0.2) is 5.92 Å². The molecular formula is C17H29NO6. The van der Waals surface area contributed by atoms with E-state index in [4.69, 9.17) is 14.2 Å². The molecule has 0 saturated carbocycles. The summed E-state index contributed by atoms with van der Waals surface area (Å²) in [7, 11) is 0. The van der Waals surface area contributed by atoms with Gasteiger partial charge < -0.3 is 19.1 Å². The Labute approximate surface area is 143 Å². The van der Waals surface area contributed by atoms with E-state index in [1.54, 1.807) is 18.7 Å². The van der Waals surface area contributed by atoms with Crippen LogP contribution < -0.4 is 0 Å². The van der Waals surface area contributed by atoms with Gasteiger partial charge in [0.1, 0.15) is 5.60 Å². The van der Waals surface area contributed by atoms with Gasteiger partial charge >= 0.3 is 18.0 Å². The molecule has 0 aromatic rings. The van der Waals surface area contributed by atoms with Crippen molar-refractivity contribution in [1.29, 1.82) is 0 Å². The van der Waals surface area contributed by atoms with E-state index in [1.165, 1.54) is 0 Å². The maximum atomic E-state index is 11.9. The lowest BCUT2D eigenvalue weighted by molar-refractivity contribution is -0.162. The first-order valence-corrected chi connectivity index (χ1v) is 8.49. The number of carbonyl (C=O) groups is 3. The molecule has 1 fully saturated rings. The van der Waals surface area contributed by atoms with Crippen molar-refractivity contribution in [3.63, 3.8) is 0 Å². The highest BCUT2D eigenvalue weighted by atomic mass is 16.6. The van der Waals surface area contributed by atoms with Gasteiger partial charge in [-0.25, -0.2) is 4.79 Å². The molecule has 0 radical (unpaired) electrons. The maximum absolute atomic E-state index is 11.9. The van der Waals surface area contributed by atoms with Crippen LogP contribution in [-0.2, 0) is 23.8 Å². The fraction of sp³-hybridized carbons (Fsp3) is 0.824. The Morgan fingerprint density at radius 2 is 1.54 bits per heavy atom. The Morgan fingerprint density at radius 1 is 1.04 bits per heavy atom. The molecule has 1 aliphatic rings. The van der Waals surface area contributed by atoms with E-state index in [0.29, 0.717) is 25.9 Å². The van der Waals surface area contributed by atoms with Crippen molar-refractivity contribution in [3.8, 4) is 0 Å². The van der Waals surface area contributed by atoms with Crippen molar-refractivity contribution in [2.24, 2.45) is 11.8 Å². The molecule has 0 bridgehead atoms. The molecule has 0 aromatic heterocycles. The van der Waals surface area contributed by atoms with Crippen LogP contribution in [0.3, 0.4) is 0 Å². The number of rotatable bonds is 7. The third-order valence-electron chi connectivity index (χ3n) is 3.61. The van der Waals surface area contributed by atoms with E-state index in [0.717, 1.165) is 0 Å². The molecule has 138 valence electrons. The summed E-state index contributed by atoms with van der Waals surface area (Å²) in [6, 6.07) is 0. The van der Waals surface area contributed by atoms with Crippen LogP contribution >= 0.6 is 0 Å². The lowest BCUT2D eigenvalue weighted by Crippen LogP contribution is -2.51. The minimum absolute atomic E-state index is 0.227. The van der Waals surface area contributed by atoms with E-state index in [2.05, 4.69) is 0 Å². The lowest BCUT2D eigenvalue weighted by atomic mass is 9.90. The lowest BCUT2D eigenvalue weighted by Gasteiger charge is -2.40. The van der Waals surface area contributed by atoms with Gasteiger partial charge in [0.05, 0.1) is 13.2 Å². The summed E-state index contributed by atoms with van der Waals surface area (Å²) < 4.78 is 15.2. The van der Waals surface area contributed by atoms with Crippen molar-refractivity contribution >= 4 is 18.0 Å². The quantitative estimate of drug-likeness (QED) is 0.401. The topological polar surface area (TPSA) is 82.1 Å². The number of carbonyl (C=O) groups excluding carboxylic acids is 3. The van der Waals surface area contributed by atoms with Gasteiger partial charge in [0, 0.05) is 13.1 Å². The predicted octanol–water partition coefficient (Wildman–Crippen LogP) is 2.38. The van der Waals surface area contributed by atoms with Gasteiger partial charge in [-0.3, -0.25) is 9.59 Å². The summed E-state index contributed by atoms with van der Waals surface area (Å²) in [6.45, 7) is 10.5. The number of esters is 2. The number of ether oxygens (including phenoxy) is 3. The van der Waals surface area contributed by atoms with Crippen LogP contribution in [0.2, 0.25) is 0 Å². The highest BCUT2D eigenvalue weighted by molar-refractivity contribution is 5.94. The molecule has 0 unspecified atom stereocenters. The molecular weight excluding hydrogens is 314 g/mol. The molecule has 1 heterocycles. The van der Waals surface area contributed by atoms with Crippen LogP contribution in [0.5, 0.6) is 0 Å². The van der Waals surface area contributed by atoms with Gasteiger partial charge in [-0.05, 0) is 53.4 Å². The largest absolute Gasteiger partial charge is 0.465 e. The number of hydrogen-bond acceptors (Lipinski definition) is 6. The first kappa shape index (κ1) is 20.3. The van der Waals surface area contributed by atoms with Crippen LogP contribution in [0, 0.1) is 11.8 Å². The van der Waals surface area contributed by atoms with Crippen molar-refractivity contribution < 1.29 is 28.6 Å². The second kappa shape index (κ2) is 8.89. The Morgan fingerprint density at radius 3 is 1.96 bits per heavy atom. The van der Waals surface area contributed by atoms with Gasteiger partial charge in [-0.15, -0.1) is 0 Å². The second-order valence-corrected chi connectivity index (χ2v) is 6.89. The fourth-order valence-electron chi connectivity index (χ4n) is 2.45. The summed E-state index contributed by atoms with van der Waals surface area (Å²) in [5, 5.41) is 0. The van der Waals surface area contributed by atoms with Gasteiger partial charge in [0.25, 0.3) is 0 Å². The van der Waals surface area contributed by atoms with Crippen molar-refractivity contribution in [3.05, 3.63) is 0 Å².